The van der Waals surface area contributed by atoms with Gasteiger partial charge in [-0.05, 0) is 19.4 Å². The van der Waals surface area contributed by atoms with Crippen molar-refractivity contribution >= 4 is 8.24 Å². The van der Waals surface area contributed by atoms with E-state index < -0.39 is 8.24 Å². The Hall–Kier alpha value is 0.137. The number of hydrogen-bond donors (Lipinski definition) is 2. The van der Waals surface area contributed by atoms with Gasteiger partial charge in [0.15, 0.2) is 0 Å². The molecule has 0 bridgehead atoms. The third kappa shape index (κ3) is 12.1. The molecule has 1 fully saturated rings. The van der Waals surface area contributed by atoms with Gasteiger partial charge in [0, 0.05) is 12.1 Å². The van der Waals surface area contributed by atoms with Crippen molar-refractivity contribution in [2.45, 2.75) is 65.3 Å². The third-order valence-electron chi connectivity index (χ3n) is 1.83. The molecule has 0 aromatic rings. The summed E-state index contributed by atoms with van der Waals surface area (Å²) < 4.78 is 0. The molecule has 1 aliphatic rings. The topological polar surface area (TPSA) is 24.1 Å². The van der Waals surface area contributed by atoms with Gasteiger partial charge in [-0.1, -0.05) is 40.4 Å². The van der Waals surface area contributed by atoms with Crippen molar-refractivity contribution in [3.8, 4) is 0 Å². The van der Waals surface area contributed by atoms with Crippen LogP contribution in [-0.2, 0) is 0 Å². The zero-order chi connectivity index (χ0) is 11.2. The smallest absolute Gasteiger partial charge is 0.116 e. The molecule has 3 heteroatoms. The highest BCUT2D eigenvalue weighted by atomic mass is 28.3. The Morgan fingerprint density at radius 1 is 1.21 bits per heavy atom. The van der Waals surface area contributed by atoms with Gasteiger partial charge in [0.1, 0.15) is 8.24 Å². The molecule has 0 aromatic carbocycles. The van der Waals surface area contributed by atoms with Gasteiger partial charge in [-0.25, -0.2) is 0 Å². The zero-order valence-corrected chi connectivity index (χ0v) is 11.8. The lowest BCUT2D eigenvalue weighted by Crippen LogP contribution is -2.42. The first kappa shape index (κ1) is 14.1. The van der Waals surface area contributed by atoms with Gasteiger partial charge >= 0.3 is 0 Å². The highest BCUT2D eigenvalue weighted by Crippen LogP contribution is 2.20. The molecule has 14 heavy (non-hydrogen) atoms. The summed E-state index contributed by atoms with van der Waals surface area (Å²) in [7, 11) is -0.908. The van der Waals surface area contributed by atoms with Crippen LogP contribution in [0.25, 0.3) is 0 Å². The Labute approximate surface area is 90.9 Å². The van der Waals surface area contributed by atoms with E-state index in [1.165, 1.54) is 12.8 Å². The lowest BCUT2D eigenvalue weighted by molar-refractivity contribution is 0.613. The summed E-state index contributed by atoms with van der Waals surface area (Å²) in [6, 6.07) is 1.55. The molecule has 0 saturated heterocycles. The second kappa shape index (κ2) is 6.59. The maximum Gasteiger partial charge on any atom is 0.116 e. The van der Waals surface area contributed by atoms with E-state index >= 15 is 0 Å². The van der Waals surface area contributed by atoms with Crippen LogP contribution in [0, 0.1) is 0 Å². The van der Waals surface area contributed by atoms with E-state index in [0.717, 1.165) is 12.6 Å². The average Bonchev–Trinajstić information content (AvgIpc) is 2.68. The summed E-state index contributed by atoms with van der Waals surface area (Å²) in [5, 5.41) is 3.21. The molecule has 0 aromatic heterocycles. The van der Waals surface area contributed by atoms with Crippen LogP contribution in [0.2, 0.25) is 19.6 Å². The van der Waals surface area contributed by atoms with Crippen LogP contribution in [0.5, 0.6) is 0 Å². The molecule has 1 aliphatic carbocycles. The molecule has 86 valence electrons. The van der Waals surface area contributed by atoms with Crippen molar-refractivity contribution < 1.29 is 0 Å². The van der Waals surface area contributed by atoms with Crippen molar-refractivity contribution in [1.29, 1.82) is 0 Å². The molecule has 0 spiro atoms. The van der Waals surface area contributed by atoms with E-state index in [0.29, 0.717) is 6.04 Å². The highest BCUT2D eigenvalue weighted by molar-refractivity contribution is 6.73. The maximum atomic E-state index is 3.63. The molecule has 2 N–H and O–H groups in total. The first-order valence-corrected chi connectivity index (χ1v) is 9.36. The predicted octanol–water partition coefficient (Wildman–Crippen LogP) is 2.58. The fourth-order valence-corrected chi connectivity index (χ4v) is 2.76. The molecule has 1 rings (SSSR count). The van der Waals surface area contributed by atoms with Gasteiger partial charge in [-0.2, -0.15) is 0 Å². The zero-order valence-electron chi connectivity index (χ0n) is 10.8. The van der Waals surface area contributed by atoms with Gasteiger partial charge in [-0.15, -0.1) is 0 Å². The molecular weight excluding hydrogens is 188 g/mol. The molecule has 0 aliphatic heterocycles. The van der Waals surface area contributed by atoms with Crippen molar-refractivity contribution in [2.75, 3.05) is 6.54 Å². The normalized spacial score (nSPS) is 16.5. The van der Waals surface area contributed by atoms with E-state index in [-0.39, 0.29) is 0 Å². The molecule has 0 unspecified atom stereocenters. The lowest BCUT2D eigenvalue weighted by Gasteiger charge is -2.16. The SMILES string of the molecule is CCNC(C)C.C[Si](C)(C)NC1CC1. The van der Waals surface area contributed by atoms with Crippen LogP contribution in [0.4, 0.5) is 0 Å². The number of hydrogen-bond acceptors (Lipinski definition) is 2. The largest absolute Gasteiger partial charge is 0.335 e. The van der Waals surface area contributed by atoms with Crippen LogP contribution in [-0.4, -0.2) is 26.9 Å². The maximum absolute atomic E-state index is 3.63. The quantitative estimate of drug-likeness (QED) is 0.706. The van der Waals surface area contributed by atoms with Crippen molar-refractivity contribution in [2.24, 2.45) is 0 Å². The first-order chi connectivity index (χ1) is 6.35. The summed E-state index contributed by atoms with van der Waals surface area (Å²) in [5.41, 5.74) is 0. The fourth-order valence-electron chi connectivity index (χ4n) is 1.25. The van der Waals surface area contributed by atoms with Crippen LogP contribution < -0.4 is 10.3 Å². The summed E-state index contributed by atoms with van der Waals surface area (Å²) in [6.45, 7) is 14.5. The number of rotatable bonds is 4. The summed E-state index contributed by atoms with van der Waals surface area (Å²) >= 11 is 0. The number of nitrogens with one attached hydrogen (secondary N) is 2. The van der Waals surface area contributed by atoms with Crippen LogP contribution in [0.3, 0.4) is 0 Å². The minimum absolute atomic E-state index is 0.648. The molecule has 2 nitrogen and oxygen atoms in total. The second-order valence-corrected chi connectivity index (χ2v) is 10.2. The first-order valence-electron chi connectivity index (χ1n) is 5.86. The van der Waals surface area contributed by atoms with Crippen molar-refractivity contribution in [3.63, 3.8) is 0 Å². The van der Waals surface area contributed by atoms with E-state index in [1.807, 2.05) is 0 Å². The standard InChI is InChI=1S/C6H15NSi.C5H13N/c1-8(2,3)7-6-4-5-6;1-4-6-5(2)3/h6-7H,4-5H2,1-3H3;5-6H,4H2,1-3H3. The molecule has 0 heterocycles. The van der Waals surface area contributed by atoms with Crippen LogP contribution in [0.15, 0.2) is 0 Å². The minimum Gasteiger partial charge on any atom is -0.335 e. The Morgan fingerprint density at radius 2 is 1.71 bits per heavy atom. The lowest BCUT2D eigenvalue weighted by atomic mass is 10.4. The Balaban J connectivity index is 0.000000255. The highest BCUT2D eigenvalue weighted by Gasteiger charge is 2.26. The fraction of sp³-hybridized carbons (Fsp3) is 1.00. The summed E-state index contributed by atoms with van der Waals surface area (Å²) in [6.07, 6.45) is 2.84. The average molecular weight is 216 g/mol. The Bertz CT molecular complexity index is 137. The van der Waals surface area contributed by atoms with E-state index in [2.05, 4.69) is 50.7 Å². The molecule has 0 atom stereocenters. The van der Waals surface area contributed by atoms with E-state index in [9.17, 15) is 0 Å². The molecule has 1 saturated carbocycles. The molecular formula is C11H28N2Si. The van der Waals surface area contributed by atoms with E-state index in [4.69, 9.17) is 0 Å². The summed E-state index contributed by atoms with van der Waals surface area (Å²) in [4.78, 5) is 3.63. The van der Waals surface area contributed by atoms with Crippen LogP contribution in [0.1, 0.15) is 33.6 Å². The Kier molecular flexibility index (Phi) is 6.65. The summed E-state index contributed by atoms with van der Waals surface area (Å²) in [5.74, 6) is 0. The van der Waals surface area contributed by atoms with Gasteiger partial charge in [0.25, 0.3) is 0 Å². The monoisotopic (exact) mass is 216 g/mol. The third-order valence-corrected chi connectivity index (χ3v) is 3.10. The molecule has 0 radical (unpaired) electrons. The minimum atomic E-state index is -0.908. The van der Waals surface area contributed by atoms with Gasteiger partial charge < -0.3 is 10.3 Å². The van der Waals surface area contributed by atoms with E-state index in [1.54, 1.807) is 0 Å². The van der Waals surface area contributed by atoms with Gasteiger partial charge in [0.05, 0.1) is 0 Å². The van der Waals surface area contributed by atoms with Gasteiger partial charge in [-0.3, -0.25) is 0 Å². The second-order valence-electron chi connectivity index (χ2n) is 5.38. The van der Waals surface area contributed by atoms with Gasteiger partial charge in [0.2, 0.25) is 0 Å². The van der Waals surface area contributed by atoms with Crippen molar-refractivity contribution in [3.05, 3.63) is 0 Å². The predicted molar refractivity (Wildman–Crippen MR) is 68.3 cm³/mol. The van der Waals surface area contributed by atoms with Crippen LogP contribution >= 0.6 is 0 Å². The molecule has 0 amide bonds. The Morgan fingerprint density at radius 3 is 1.79 bits per heavy atom. The van der Waals surface area contributed by atoms with Crippen molar-refractivity contribution in [1.82, 2.24) is 10.3 Å².